The van der Waals surface area contributed by atoms with Gasteiger partial charge in [0.25, 0.3) is 0 Å². The van der Waals surface area contributed by atoms with Crippen LogP contribution < -0.4 is 0 Å². The van der Waals surface area contributed by atoms with E-state index in [1.807, 2.05) is 6.92 Å². The maximum atomic E-state index is 11.6. The number of carbonyl (C=O) groups is 1. The van der Waals surface area contributed by atoms with Crippen LogP contribution in [0.1, 0.15) is 35.8 Å². The minimum Gasteiger partial charge on any atom is -0.478 e. The molecule has 6 heteroatoms. The van der Waals surface area contributed by atoms with Crippen LogP contribution in [0.5, 0.6) is 0 Å². The third-order valence-corrected chi connectivity index (χ3v) is 3.89. The Balaban J connectivity index is 2.72. The highest BCUT2D eigenvalue weighted by Gasteiger charge is 2.12. The molecule has 0 spiro atoms. The number of pyridine rings is 1. The van der Waals surface area contributed by atoms with E-state index in [9.17, 15) is 13.2 Å². The smallest absolute Gasteiger partial charge is 0.337 e. The van der Waals surface area contributed by atoms with Crippen LogP contribution in [0.15, 0.2) is 18.3 Å². The number of nitrogens with zero attached hydrogens (tertiary/aromatic N) is 1. The monoisotopic (exact) mass is 257 g/mol. The van der Waals surface area contributed by atoms with Crippen LogP contribution in [0, 0.1) is 0 Å². The van der Waals surface area contributed by atoms with Crippen molar-refractivity contribution >= 4 is 15.8 Å². The molecule has 5 nitrogen and oxygen atoms in total. The molecule has 0 unspecified atom stereocenters. The molecule has 0 radical (unpaired) electrons. The van der Waals surface area contributed by atoms with Crippen LogP contribution in [0.4, 0.5) is 0 Å². The second-order valence-electron chi connectivity index (χ2n) is 3.79. The van der Waals surface area contributed by atoms with E-state index < -0.39 is 15.8 Å². The molecule has 1 aromatic rings. The van der Waals surface area contributed by atoms with E-state index >= 15 is 0 Å². The number of rotatable bonds is 6. The number of unbranched alkanes of at least 4 members (excludes halogenated alkanes) is 1. The molecule has 0 aromatic carbocycles. The van der Waals surface area contributed by atoms with E-state index in [2.05, 4.69) is 4.98 Å². The Morgan fingerprint density at radius 1 is 1.41 bits per heavy atom. The van der Waals surface area contributed by atoms with Gasteiger partial charge >= 0.3 is 5.97 Å². The lowest BCUT2D eigenvalue weighted by Crippen LogP contribution is -2.10. The maximum absolute atomic E-state index is 11.6. The molecule has 0 atom stereocenters. The Bertz CT molecular complexity index is 479. The van der Waals surface area contributed by atoms with Crippen molar-refractivity contribution in [3.8, 4) is 0 Å². The SMILES string of the molecule is CCCCS(=O)(=O)Cc1ccc(C(=O)O)cn1. The van der Waals surface area contributed by atoms with E-state index in [1.165, 1.54) is 18.3 Å². The standard InChI is InChI=1S/C11H15NO4S/c1-2-3-6-17(15,16)8-10-5-4-9(7-12-10)11(13)14/h4-5,7H,2-3,6,8H2,1H3,(H,13,14). The Kier molecular flexibility index (Phi) is 4.62. The predicted molar refractivity (Wildman–Crippen MR) is 63.6 cm³/mol. The zero-order chi connectivity index (χ0) is 12.9. The number of hydrogen-bond donors (Lipinski definition) is 1. The van der Waals surface area contributed by atoms with Crippen molar-refractivity contribution in [1.82, 2.24) is 4.98 Å². The third kappa shape index (κ3) is 4.52. The van der Waals surface area contributed by atoms with Crippen molar-refractivity contribution in [2.45, 2.75) is 25.5 Å². The topological polar surface area (TPSA) is 84.3 Å². The second kappa shape index (κ2) is 5.77. The molecule has 0 saturated carbocycles. The lowest BCUT2D eigenvalue weighted by atomic mass is 10.2. The predicted octanol–water partition coefficient (Wildman–Crippen LogP) is 1.49. The summed E-state index contributed by atoms with van der Waals surface area (Å²) in [5, 5.41) is 8.67. The zero-order valence-electron chi connectivity index (χ0n) is 9.59. The minimum atomic E-state index is -3.14. The van der Waals surface area contributed by atoms with Crippen LogP contribution in [-0.2, 0) is 15.6 Å². The van der Waals surface area contributed by atoms with Crippen molar-refractivity contribution < 1.29 is 18.3 Å². The highest BCUT2D eigenvalue weighted by molar-refractivity contribution is 7.90. The van der Waals surface area contributed by atoms with Gasteiger partial charge < -0.3 is 5.11 Å². The van der Waals surface area contributed by atoms with Gasteiger partial charge in [0.1, 0.15) is 0 Å². The van der Waals surface area contributed by atoms with E-state index in [1.54, 1.807) is 0 Å². The number of sulfone groups is 1. The maximum Gasteiger partial charge on any atom is 0.337 e. The molecule has 17 heavy (non-hydrogen) atoms. The van der Waals surface area contributed by atoms with Crippen LogP contribution in [-0.4, -0.2) is 30.2 Å². The quantitative estimate of drug-likeness (QED) is 0.834. The van der Waals surface area contributed by atoms with Gasteiger partial charge in [0.05, 0.1) is 22.8 Å². The average Bonchev–Trinajstić information content (AvgIpc) is 2.26. The van der Waals surface area contributed by atoms with Gasteiger partial charge in [-0.15, -0.1) is 0 Å². The average molecular weight is 257 g/mol. The molecular weight excluding hydrogens is 242 g/mol. The van der Waals surface area contributed by atoms with Gasteiger partial charge in [-0.25, -0.2) is 13.2 Å². The van der Waals surface area contributed by atoms with Gasteiger partial charge in [0, 0.05) is 6.20 Å². The van der Waals surface area contributed by atoms with Gasteiger partial charge in [0.2, 0.25) is 0 Å². The molecule has 1 aromatic heterocycles. The number of aromatic carboxylic acids is 1. The molecule has 0 bridgehead atoms. The first kappa shape index (κ1) is 13.6. The summed E-state index contributed by atoms with van der Waals surface area (Å²) in [6.45, 7) is 1.93. The first-order valence-corrected chi connectivity index (χ1v) is 7.15. The minimum absolute atomic E-state index is 0.0553. The fourth-order valence-corrected chi connectivity index (χ4v) is 2.79. The molecule has 0 saturated heterocycles. The summed E-state index contributed by atoms with van der Waals surface area (Å²) in [5.74, 6) is -1.06. The van der Waals surface area contributed by atoms with Crippen LogP contribution in [0.3, 0.4) is 0 Å². The fourth-order valence-electron chi connectivity index (χ4n) is 1.30. The van der Waals surface area contributed by atoms with E-state index in [0.717, 1.165) is 6.42 Å². The van der Waals surface area contributed by atoms with Gasteiger partial charge in [-0.2, -0.15) is 0 Å². The van der Waals surface area contributed by atoms with E-state index in [0.29, 0.717) is 12.1 Å². The largest absolute Gasteiger partial charge is 0.478 e. The van der Waals surface area contributed by atoms with Gasteiger partial charge in [-0.05, 0) is 18.6 Å². The van der Waals surface area contributed by atoms with Crippen LogP contribution >= 0.6 is 0 Å². The molecule has 0 aliphatic carbocycles. The first-order valence-electron chi connectivity index (χ1n) is 5.33. The summed E-state index contributed by atoms with van der Waals surface area (Å²) in [6.07, 6.45) is 2.63. The molecule has 1 rings (SSSR count). The van der Waals surface area contributed by atoms with Gasteiger partial charge in [-0.1, -0.05) is 13.3 Å². The fraction of sp³-hybridized carbons (Fsp3) is 0.455. The molecule has 0 aliphatic rings. The summed E-state index contributed by atoms with van der Waals surface area (Å²) in [7, 11) is -3.14. The lowest BCUT2D eigenvalue weighted by molar-refractivity contribution is 0.0696. The Morgan fingerprint density at radius 3 is 2.59 bits per heavy atom. The highest BCUT2D eigenvalue weighted by atomic mass is 32.2. The van der Waals surface area contributed by atoms with Crippen molar-refractivity contribution in [1.29, 1.82) is 0 Å². The molecular formula is C11H15NO4S. The molecule has 1 N–H and O–H groups in total. The van der Waals surface area contributed by atoms with Crippen LogP contribution in [0.2, 0.25) is 0 Å². The van der Waals surface area contributed by atoms with Crippen molar-refractivity contribution in [2.75, 3.05) is 5.75 Å². The Hall–Kier alpha value is -1.43. The van der Waals surface area contributed by atoms with Gasteiger partial charge in [0.15, 0.2) is 9.84 Å². The lowest BCUT2D eigenvalue weighted by Gasteiger charge is -2.03. The Morgan fingerprint density at radius 2 is 2.12 bits per heavy atom. The highest BCUT2D eigenvalue weighted by Crippen LogP contribution is 2.07. The molecule has 94 valence electrons. The summed E-state index contributed by atoms with van der Waals surface area (Å²) < 4.78 is 23.2. The summed E-state index contributed by atoms with van der Waals surface area (Å²) in [6, 6.07) is 2.80. The van der Waals surface area contributed by atoms with Crippen molar-refractivity contribution in [3.05, 3.63) is 29.6 Å². The molecule has 0 fully saturated rings. The number of aromatic nitrogens is 1. The summed E-state index contributed by atoms with van der Waals surface area (Å²) >= 11 is 0. The van der Waals surface area contributed by atoms with Crippen LogP contribution in [0.25, 0.3) is 0 Å². The van der Waals surface area contributed by atoms with Crippen molar-refractivity contribution in [2.24, 2.45) is 0 Å². The van der Waals surface area contributed by atoms with Crippen molar-refractivity contribution in [3.63, 3.8) is 0 Å². The summed E-state index contributed by atoms with van der Waals surface area (Å²) in [4.78, 5) is 14.4. The normalized spacial score (nSPS) is 11.4. The number of carboxylic acid groups (broad SMARTS) is 1. The van der Waals surface area contributed by atoms with E-state index in [4.69, 9.17) is 5.11 Å². The third-order valence-electron chi connectivity index (χ3n) is 2.25. The van der Waals surface area contributed by atoms with Gasteiger partial charge in [-0.3, -0.25) is 4.98 Å². The Labute approximate surface area is 100 Å². The summed E-state index contributed by atoms with van der Waals surface area (Å²) in [5.41, 5.74) is 0.436. The number of hydrogen-bond acceptors (Lipinski definition) is 4. The zero-order valence-corrected chi connectivity index (χ0v) is 10.4. The van der Waals surface area contributed by atoms with E-state index in [-0.39, 0.29) is 17.1 Å². The molecule has 0 amide bonds. The molecule has 0 aliphatic heterocycles. The number of carboxylic acids is 1. The first-order chi connectivity index (χ1) is 7.94. The second-order valence-corrected chi connectivity index (χ2v) is 5.97. The molecule has 1 heterocycles.